The van der Waals surface area contributed by atoms with Crippen LogP contribution in [-0.2, 0) is 16.1 Å². The van der Waals surface area contributed by atoms with Crippen LogP contribution in [0.25, 0.3) is 0 Å². The molecule has 2 heterocycles. The van der Waals surface area contributed by atoms with E-state index in [1.165, 1.54) is 31.0 Å². The molecule has 1 saturated heterocycles. The lowest BCUT2D eigenvalue weighted by molar-refractivity contribution is -0.126. The highest BCUT2D eigenvalue weighted by Crippen LogP contribution is 2.15. The molecule has 2 aromatic rings. The van der Waals surface area contributed by atoms with Gasteiger partial charge in [0.25, 0.3) is 5.91 Å². The Hall–Kier alpha value is -2.43. The number of likely N-dealkylation sites (tertiary alicyclic amines) is 1. The van der Waals surface area contributed by atoms with Crippen LogP contribution in [0.4, 0.5) is 10.1 Å². The maximum Gasteiger partial charge on any atom is 0.286 e. The average molecular weight is 436 g/mol. The Bertz CT molecular complexity index is 856. The van der Waals surface area contributed by atoms with Gasteiger partial charge < -0.3 is 20.3 Å². The monoisotopic (exact) mass is 435 g/mol. The van der Waals surface area contributed by atoms with Crippen molar-refractivity contribution < 1.29 is 18.7 Å². The summed E-state index contributed by atoms with van der Waals surface area (Å²) in [4.78, 5) is 26.5. The molecular weight excluding hydrogens is 409 g/mol. The van der Waals surface area contributed by atoms with Crippen LogP contribution in [0.15, 0.2) is 24.3 Å². The lowest BCUT2D eigenvalue weighted by Gasteiger charge is -2.23. The highest BCUT2D eigenvalue weighted by molar-refractivity contribution is 7.13. The highest BCUT2D eigenvalue weighted by Gasteiger charge is 2.18. The average Bonchev–Trinajstić information content (AvgIpc) is 3.40. The quantitative estimate of drug-likeness (QED) is 0.595. The SMILES string of the molecule is CC(CCNC(=O)COCc1nnc(C(=O)Nc2cccc(F)c2)s1)N1CCCC1. The minimum atomic E-state index is -0.478. The van der Waals surface area contributed by atoms with Crippen LogP contribution in [0.5, 0.6) is 0 Å². The molecule has 1 fully saturated rings. The summed E-state index contributed by atoms with van der Waals surface area (Å²) >= 11 is 1.06. The number of rotatable bonds is 10. The van der Waals surface area contributed by atoms with E-state index in [-0.39, 0.29) is 24.1 Å². The molecule has 2 amide bonds. The molecule has 0 spiro atoms. The summed E-state index contributed by atoms with van der Waals surface area (Å²) in [6, 6.07) is 6.05. The van der Waals surface area contributed by atoms with Gasteiger partial charge in [-0.1, -0.05) is 17.4 Å². The number of carbonyl (C=O) groups is 2. The number of benzene rings is 1. The van der Waals surface area contributed by atoms with Crippen molar-refractivity contribution in [2.45, 2.75) is 38.8 Å². The third kappa shape index (κ3) is 6.82. The first-order chi connectivity index (χ1) is 14.5. The number of amides is 2. The Morgan fingerprint density at radius 1 is 1.30 bits per heavy atom. The Kier molecular flexibility index (Phi) is 8.23. The van der Waals surface area contributed by atoms with Gasteiger partial charge in [0.1, 0.15) is 24.0 Å². The van der Waals surface area contributed by atoms with E-state index >= 15 is 0 Å². The first-order valence-electron chi connectivity index (χ1n) is 9.99. The van der Waals surface area contributed by atoms with Crippen molar-refractivity contribution in [3.63, 3.8) is 0 Å². The van der Waals surface area contributed by atoms with Crippen LogP contribution >= 0.6 is 11.3 Å². The fourth-order valence-electron chi connectivity index (χ4n) is 3.22. The van der Waals surface area contributed by atoms with Gasteiger partial charge in [-0.3, -0.25) is 9.59 Å². The van der Waals surface area contributed by atoms with E-state index in [0.29, 0.717) is 23.3 Å². The third-order valence-electron chi connectivity index (χ3n) is 4.85. The number of halogens is 1. The molecule has 0 bridgehead atoms. The van der Waals surface area contributed by atoms with Gasteiger partial charge in [-0.15, -0.1) is 10.2 Å². The fourth-order valence-corrected chi connectivity index (χ4v) is 3.89. The summed E-state index contributed by atoms with van der Waals surface area (Å²) in [7, 11) is 0. The first kappa shape index (κ1) is 22.3. The standard InChI is InChI=1S/C20H26FN5O3S/c1-14(26-9-2-3-10-26)7-8-22-17(27)12-29-13-18-24-25-20(30-18)19(28)23-16-6-4-5-15(21)11-16/h4-6,11,14H,2-3,7-10,12-13H2,1H3,(H,22,27)(H,23,28). The van der Waals surface area contributed by atoms with Crippen LogP contribution < -0.4 is 10.6 Å². The fraction of sp³-hybridized carbons (Fsp3) is 0.500. The van der Waals surface area contributed by atoms with Crippen molar-refractivity contribution in [1.82, 2.24) is 20.4 Å². The number of carbonyl (C=O) groups excluding carboxylic acids is 2. The van der Waals surface area contributed by atoms with Crippen molar-refractivity contribution in [3.8, 4) is 0 Å². The predicted molar refractivity (Wildman–Crippen MR) is 112 cm³/mol. The topological polar surface area (TPSA) is 96.5 Å². The number of anilines is 1. The Morgan fingerprint density at radius 3 is 2.87 bits per heavy atom. The summed E-state index contributed by atoms with van der Waals surface area (Å²) < 4.78 is 18.6. The molecule has 162 valence electrons. The van der Waals surface area contributed by atoms with E-state index < -0.39 is 11.7 Å². The van der Waals surface area contributed by atoms with Gasteiger partial charge in [0.15, 0.2) is 0 Å². The normalized spacial score (nSPS) is 15.1. The summed E-state index contributed by atoms with van der Waals surface area (Å²) in [6.07, 6.45) is 3.42. The number of hydrogen-bond donors (Lipinski definition) is 2. The Balaban J connectivity index is 1.33. The van der Waals surface area contributed by atoms with E-state index in [4.69, 9.17) is 4.74 Å². The number of nitrogens with one attached hydrogen (secondary N) is 2. The molecule has 10 heteroatoms. The van der Waals surface area contributed by atoms with Gasteiger partial charge >= 0.3 is 0 Å². The molecule has 1 aromatic carbocycles. The van der Waals surface area contributed by atoms with Gasteiger partial charge in [0, 0.05) is 18.3 Å². The van der Waals surface area contributed by atoms with Gasteiger partial charge in [-0.05, 0) is 57.5 Å². The van der Waals surface area contributed by atoms with Crippen molar-refractivity contribution in [2.75, 3.05) is 31.6 Å². The summed E-state index contributed by atoms with van der Waals surface area (Å²) in [5.74, 6) is -1.10. The van der Waals surface area contributed by atoms with E-state index in [1.807, 2.05) is 0 Å². The number of hydrogen-bond acceptors (Lipinski definition) is 7. The molecule has 0 aliphatic carbocycles. The molecular formula is C20H26FN5O3S. The smallest absolute Gasteiger partial charge is 0.286 e. The second kappa shape index (κ2) is 11.1. The van der Waals surface area contributed by atoms with Gasteiger partial charge in [0.2, 0.25) is 10.9 Å². The molecule has 1 aliphatic rings. The lowest BCUT2D eigenvalue weighted by Crippen LogP contribution is -2.35. The van der Waals surface area contributed by atoms with Gasteiger partial charge in [0.05, 0.1) is 0 Å². The lowest BCUT2D eigenvalue weighted by atomic mass is 10.2. The molecule has 0 saturated carbocycles. The third-order valence-corrected chi connectivity index (χ3v) is 5.75. The maximum atomic E-state index is 13.2. The van der Waals surface area contributed by atoms with Crippen LogP contribution in [0.2, 0.25) is 0 Å². The number of ether oxygens (including phenoxy) is 1. The Morgan fingerprint density at radius 2 is 2.10 bits per heavy atom. The van der Waals surface area contributed by atoms with E-state index in [2.05, 4.69) is 32.7 Å². The van der Waals surface area contributed by atoms with Crippen molar-refractivity contribution in [3.05, 3.63) is 40.1 Å². The summed E-state index contributed by atoms with van der Waals surface area (Å²) in [5.41, 5.74) is 0.337. The molecule has 1 aromatic heterocycles. The summed E-state index contributed by atoms with van der Waals surface area (Å²) in [5, 5.41) is 13.7. The maximum absolute atomic E-state index is 13.2. The zero-order valence-corrected chi connectivity index (χ0v) is 17.7. The molecule has 1 unspecified atom stereocenters. The number of nitrogens with zero attached hydrogens (tertiary/aromatic N) is 3. The van der Waals surface area contributed by atoms with Crippen LogP contribution in [0.1, 0.15) is 41.0 Å². The number of aromatic nitrogens is 2. The van der Waals surface area contributed by atoms with Gasteiger partial charge in [-0.25, -0.2) is 4.39 Å². The molecule has 0 radical (unpaired) electrons. The minimum Gasteiger partial charge on any atom is -0.364 e. The summed E-state index contributed by atoms with van der Waals surface area (Å²) in [6.45, 7) is 5.09. The Labute approximate surface area is 178 Å². The molecule has 2 N–H and O–H groups in total. The van der Waals surface area contributed by atoms with Crippen molar-refractivity contribution >= 4 is 28.8 Å². The van der Waals surface area contributed by atoms with E-state index in [0.717, 1.165) is 30.8 Å². The van der Waals surface area contributed by atoms with Gasteiger partial charge in [-0.2, -0.15) is 0 Å². The first-order valence-corrected chi connectivity index (χ1v) is 10.8. The minimum absolute atomic E-state index is 0.0809. The van der Waals surface area contributed by atoms with Crippen molar-refractivity contribution in [1.29, 1.82) is 0 Å². The molecule has 8 nitrogen and oxygen atoms in total. The van der Waals surface area contributed by atoms with E-state index in [1.54, 1.807) is 6.07 Å². The predicted octanol–water partition coefficient (Wildman–Crippen LogP) is 2.44. The second-order valence-electron chi connectivity index (χ2n) is 7.19. The van der Waals surface area contributed by atoms with Crippen LogP contribution in [-0.4, -0.2) is 59.2 Å². The van der Waals surface area contributed by atoms with Crippen LogP contribution in [0.3, 0.4) is 0 Å². The second-order valence-corrected chi connectivity index (χ2v) is 8.25. The van der Waals surface area contributed by atoms with Crippen molar-refractivity contribution in [2.24, 2.45) is 0 Å². The zero-order chi connectivity index (χ0) is 21.3. The molecule has 1 atom stereocenters. The zero-order valence-electron chi connectivity index (χ0n) is 16.9. The molecule has 3 rings (SSSR count). The van der Waals surface area contributed by atoms with Crippen LogP contribution in [0, 0.1) is 5.82 Å². The largest absolute Gasteiger partial charge is 0.364 e. The van der Waals surface area contributed by atoms with E-state index in [9.17, 15) is 14.0 Å². The highest BCUT2D eigenvalue weighted by atomic mass is 32.1. The molecule has 1 aliphatic heterocycles. The molecule has 30 heavy (non-hydrogen) atoms.